The lowest BCUT2D eigenvalue weighted by Crippen LogP contribution is -2.39. The molecule has 0 aromatic carbocycles. The molecule has 0 amide bonds. The van der Waals surface area contributed by atoms with E-state index in [-0.39, 0.29) is 0 Å². The summed E-state index contributed by atoms with van der Waals surface area (Å²) < 4.78 is 46.1. The highest BCUT2D eigenvalue weighted by Crippen LogP contribution is 2.41. The first-order valence-corrected chi connectivity index (χ1v) is 5.13. The Morgan fingerprint density at radius 2 is 1.45 bits per heavy atom. The van der Waals surface area contributed by atoms with Gasteiger partial charge in [-0.2, -0.15) is 8.78 Å². The zero-order chi connectivity index (χ0) is 9.50. The predicted molar refractivity (Wildman–Crippen MR) is 39.2 cm³/mol. The summed E-state index contributed by atoms with van der Waals surface area (Å²) in [5.74, 6) is 0. The summed E-state index contributed by atoms with van der Waals surface area (Å²) in [5.41, 5.74) is -1.67. The molecular weight excluding hydrogens is 198 g/mol. The molecule has 11 heavy (non-hydrogen) atoms. The van der Waals surface area contributed by atoms with Gasteiger partial charge < -0.3 is 0 Å². The highest BCUT2D eigenvalue weighted by Gasteiger charge is 2.54. The van der Waals surface area contributed by atoms with Crippen molar-refractivity contribution in [3.8, 4) is 0 Å². The molecule has 6 heteroatoms. The van der Waals surface area contributed by atoms with Gasteiger partial charge in [0.25, 0.3) is 9.05 Å². The first-order valence-electron chi connectivity index (χ1n) is 2.82. The molecule has 0 fully saturated rings. The van der Waals surface area contributed by atoms with E-state index in [1.807, 2.05) is 0 Å². The van der Waals surface area contributed by atoms with Gasteiger partial charge >= 0.3 is 5.25 Å². The average Bonchev–Trinajstić information content (AvgIpc) is 1.58. The van der Waals surface area contributed by atoms with Gasteiger partial charge in [-0.25, -0.2) is 8.42 Å². The minimum absolute atomic E-state index is 1.10. The number of rotatable bonds is 1. The Hall–Kier alpha value is 0.1000. The van der Waals surface area contributed by atoms with E-state index < -0.39 is 19.7 Å². The zero-order valence-electron chi connectivity index (χ0n) is 6.36. The normalized spacial score (nSPS) is 15.1. The smallest absolute Gasteiger partial charge is 0.206 e. The van der Waals surface area contributed by atoms with Crippen molar-refractivity contribution in [1.82, 2.24) is 0 Å². The molecule has 0 unspecified atom stereocenters. The first kappa shape index (κ1) is 11.1. The fourth-order valence-corrected chi connectivity index (χ4v) is 1.79. The van der Waals surface area contributed by atoms with Gasteiger partial charge in [0.2, 0.25) is 0 Å². The third kappa shape index (κ3) is 2.02. The van der Waals surface area contributed by atoms with Crippen molar-refractivity contribution < 1.29 is 17.2 Å². The molecule has 0 heterocycles. The third-order valence-corrected chi connectivity index (χ3v) is 2.99. The molecule has 0 rings (SSSR count). The van der Waals surface area contributed by atoms with Crippen LogP contribution in [0.4, 0.5) is 8.78 Å². The van der Waals surface area contributed by atoms with Crippen LogP contribution in [0.2, 0.25) is 0 Å². The van der Waals surface area contributed by atoms with E-state index in [4.69, 9.17) is 0 Å². The van der Waals surface area contributed by atoms with Crippen LogP contribution in [0.15, 0.2) is 0 Å². The molecule has 0 saturated heterocycles. The van der Waals surface area contributed by atoms with E-state index in [0.717, 1.165) is 20.8 Å². The quantitative estimate of drug-likeness (QED) is 0.617. The predicted octanol–water partition coefficient (Wildman–Crippen LogP) is 2.19. The molecule has 0 bridgehead atoms. The Morgan fingerprint density at radius 1 is 1.18 bits per heavy atom. The molecule has 0 aliphatic rings. The molecule has 2 nitrogen and oxygen atoms in total. The fraction of sp³-hybridized carbons (Fsp3) is 1.00. The van der Waals surface area contributed by atoms with Crippen LogP contribution in [0.25, 0.3) is 0 Å². The van der Waals surface area contributed by atoms with Crippen LogP contribution < -0.4 is 0 Å². The number of hydrogen-bond donors (Lipinski definition) is 0. The van der Waals surface area contributed by atoms with Gasteiger partial charge in [0, 0.05) is 16.1 Å². The van der Waals surface area contributed by atoms with E-state index in [1.54, 1.807) is 0 Å². The summed E-state index contributed by atoms with van der Waals surface area (Å²) in [5, 5.41) is -3.89. The van der Waals surface area contributed by atoms with Gasteiger partial charge in [0.15, 0.2) is 0 Å². The van der Waals surface area contributed by atoms with E-state index in [0.29, 0.717) is 0 Å². The molecule has 0 aromatic rings. The van der Waals surface area contributed by atoms with Gasteiger partial charge in [-0.1, -0.05) is 20.8 Å². The maximum Gasteiger partial charge on any atom is 0.364 e. The summed E-state index contributed by atoms with van der Waals surface area (Å²) >= 11 is 0. The van der Waals surface area contributed by atoms with Crippen molar-refractivity contribution >= 4 is 19.7 Å². The van der Waals surface area contributed by atoms with Crippen LogP contribution in [0, 0.1) is 5.41 Å². The third-order valence-electron chi connectivity index (χ3n) is 1.18. The molecule has 0 radical (unpaired) electrons. The van der Waals surface area contributed by atoms with Crippen LogP contribution in [-0.4, -0.2) is 13.7 Å². The van der Waals surface area contributed by atoms with E-state index in [9.17, 15) is 17.2 Å². The van der Waals surface area contributed by atoms with Crippen molar-refractivity contribution in [1.29, 1.82) is 0 Å². The van der Waals surface area contributed by atoms with Crippen molar-refractivity contribution in [2.24, 2.45) is 5.41 Å². The lowest BCUT2D eigenvalue weighted by molar-refractivity contribution is -0.0137. The van der Waals surface area contributed by atoms with E-state index in [2.05, 4.69) is 10.7 Å². The average molecular weight is 207 g/mol. The van der Waals surface area contributed by atoms with Gasteiger partial charge in [-0.05, 0) is 0 Å². The molecule has 0 aromatic heterocycles. The van der Waals surface area contributed by atoms with Gasteiger partial charge in [-0.3, -0.25) is 0 Å². The molecule has 0 aliphatic carbocycles. The number of alkyl halides is 2. The Morgan fingerprint density at radius 3 is 1.45 bits per heavy atom. The molecule has 0 aliphatic heterocycles. The van der Waals surface area contributed by atoms with Gasteiger partial charge in [0.05, 0.1) is 0 Å². The van der Waals surface area contributed by atoms with E-state index >= 15 is 0 Å². The maximum atomic E-state index is 12.7. The minimum atomic E-state index is -4.82. The second kappa shape index (κ2) is 2.55. The van der Waals surface area contributed by atoms with Crippen molar-refractivity contribution in [2.75, 3.05) is 0 Å². The van der Waals surface area contributed by atoms with Crippen LogP contribution in [0.1, 0.15) is 20.8 Å². The lowest BCUT2D eigenvalue weighted by Gasteiger charge is -2.26. The van der Waals surface area contributed by atoms with Crippen LogP contribution in [0.3, 0.4) is 0 Å². The van der Waals surface area contributed by atoms with Crippen molar-refractivity contribution in [3.05, 3.63) is 0 Å². The summed E-state index contributed by atoms with van der Waals surface area (Å²) in [6, 6.07) is 0. The highest BCUT2D eigenvalue weighted by molar-refractivity contribution is 8.14. The fourth-order valence-electron chi connectivity index (χ4n) is 0.366. The van der Waals surface area contributed by atoms with Gasteiger partial charge in [0.1, 0.15) is 0 Å². The Bertz CT molecular complexity index is 240. The maximum absolute atomic E-state index is 12.7. The van der Waals surface area contributed by atoms with Crippen molar-refractivity contribution in [2.45, 2.75) is 26.0 Å². The largest absolute Gasteiger partial charge is 0.364 e. The molecule has 0 saturated carbocycles. The van der Waals surface area contributed by atoms with E-state index in [1.165, 1.54) is 0 Å². The van der Waals surface area contributed by atoms with Gasteiger partial charge in [-0.15, -0.1) is 0 Å². The lowest BCUT2D eigenvalue weighted by atomic mass is 9.98. The molecule has 0 spiro atoms. The topological polar surface area (TPSA) is 34.1 Å². The molecule has 0 N–H and O–H groups in total. The van der Waals surface area contributed by atoms with Crippen LogP contribution in [-0.2, 0) is 9.05 Å². The second-order valence-corrected chi connectivity index (χ2v) is 5.81. The van der Waals surface area contributed by atoms with Crippen molar-refractivity contribution in [3.63, 3.8) is 0 Å². The standard InChI is InChI=1S/C5H9ClF2O2S/c1-4(2,3)5(7,8)11(6,9)10/h1-3H3. The molecule has 68 valence electrons. The monoisotopic (exact) mass is 206 g/mol. The van der Waals surface area contributed by atoms with Crippen LogP contribution in [0.5, 0.6) is 0 Å². The second-order valence-electron chi connectivity index (χ2n) is 3.20. The molecule has 0 atom stereocenters. The zero-order valence-corrected chi connectivity index (χ0v) is 7.93. The first-order chi connectivity index (χ1) is 4.50. The van der Waals surface area contributed by atoms with Crippen LogP contribution >= 0.6 is 10.7 Å². The Labute approximate surface area is 69.0 Å². The minimum Gasteiger partial charge on any atom is -0.206 e. The summed E-state index contributed by atoms with van der Waals surface area (Å²) in [7, 11) is -0.289. The molecular formula is C5H9ClF2O2S. The highest BCUT2D eigenvalue weighted by atomic mass is 35.7. The number of halogens is 3. The summed E-state index contributed by atoms with van der Waals surface area (Å²) in [6.07, 6.45) is 0. The Kier molecular flexibility index (Phi) is 2.58. The Balaban J connectivity index is 5.08. The summed E-state index contributed by atoms with van der Waals surface area (Å²) in [4.78, 5) is 0. The number of hydrogen-bond acceptors (Lipinski definition) is 2. The SMILES string of the molecule is CC(C)(C)C(F)(F)S(=O)(=O)Cl. The summed E-state index contributed by atoms with van der Waals surface area (Å²) in [6.45, 7) is 3.31.